The van der Waals surface area contributed by atoms with Crippen molar-refractivity contribution in [2.45, 2.75) is 25.9 Å². The number of nitrogens with zero attached hydrogens (tertiary/aromatic N) is 3. The van der Waals surface area contributed by atoms with E-state index in [1.54, 1.807) is 24.3 Å². The minimum Gasteiger partial charge on any atom is -0.325 e. The average Bonchev–Trinajstić information content (AvgIpc) is 3.24. The zero-order chi connectivity index (χ0) is 23.4. The predicted molar refractivity (Wildman–Crippen MR) is 132 cm³/mol. The van der Waals surface area contributed by atoms with Crippen LogP contribution in [0.2, 0.25) is 0 Å². The Morgan fingerprint density at radius 3 is 2.42 bits per heavy atom. The Labute approximate surface area is 197 Å². The van der Waals surface area contributed by atoms with Gasteiger partial charge in [0.25, 0.3) is 0 Å². The van der Waals surface area contributed by atoms with Crippen LogP contribution in [0.1, 0.15) is 28.4 Å². The third-order valence-corrected chi connectivity index (χ3v) is 6.23. The molecule has 33 heavy (non-hydrogen) atoms. The van der Waals surface area contributed by atoms with Gasteiger partial charge in [-0.1, -0.05) is 60.3 Å². The quantitative estimate of drug-likeness (QED) is 0.294. The van der Waals surface area contributed by atoms with Crippen LogP contribution in [-0.2, 0) is 4.79 Å². The fourth-order valence-electron chi connectivity index (χ4n) is 3.38. The largest absolute Gasteiger partial charge is 0.325 e. The summed E-state index contributed by atoms with van der Waals surface area (Å²) >= 11 is 1.32. The fraction of sp³-hybridized carbons (Fsp3) is 0.154. The molecular formula is C26H24N4O2S. The lowest BCUT2D eigenvalue weighted by molar-refractivity contribution is -0.113. The molecule has 1 N–H and O–H groups in total. The van der Waals surface area contributed by atoms with Crippen molar-refractivity contribution in [1.29, 1.82) is 0 Å². The van der Waals surface area contributed by atoms with Gasteiger partial charge < -0.3 is 5.32 Å². The van der Waals surface area contributed by atoms with E-state index in [0.29, 0.717) is 16.4 Å². The Balaban J connectivity index is 1.59. The summed E-state index contributed by atoms with van der Waals surface area (Å²) in [5.74, 6) is 0.644. The highest BCUT2D eigenvalue weighted by Crippen LogP contribution is 2.29. The van der Waals surface area contributed by atoms with Gasteiger partial charge in [-0.05, 0) is 56.2 Å². The second kappa shape index (κ2) is 9.83. The first-order valence-electron chi connectivity index (χ1n) is 10.5. The van der Waals surface area contributed by atoms with Gasteiger partial charge in [0, 0.05) is 16.8 Å². The van der Waals surface area contributed by atoms with Gasteiger partial charge in [0.2, 0.25) is 5.91 Å². The lowest BCUT2D eigenvalue weighted by Crippen LogP contribution is -2.15. The summed E-state index contributed by atoms with van der Waals surface area (Å²) in [6, 6.07) is 23.0. The number of anilines is 1. The molecule has 166 valence electrons. The van der Waals surface area contributed by atoms with Crippen LogP contribution in [0.15, 0.2) is 78.0 Å². The standard InChI is InChI=1S/C26H24N4O2S/c1-17-12-13-23(14-18(17)2)30-25(20-8-5-4-6-9-20)28-29-26(30)33-16-24(32)27-22-11-7-10-21(15-22)19(3)31/h4-15H,16H2,1-3H3,(H,27,32). The Kier molecular flexibility index (Phi) is 6.70. The van der Waals surface area contributed by atoms with Gasteiger partial charge in [-0.2, -0.15) is 0 Å². The number of Topliss-reactive ketones (excluding diaryl/α,β-unsaturated/α-hetero) is 1. The van der Waals surface area contributed by atoms with Crippen LogP contribution in [0.25, 0.3) is 17.1 Å². The summed E-state index contributed by atoms with van der Waals surface area (Å²) in [6.45, 7) is 5.64. The Bertz CT molecular complexity index is 1320. The molecule has 4 rings (SSSR count). The molecule has 4 aromatic rings. The lowest BCUT2D eigenvalue weighted by Gasteiger charge is -2.12. The lowest BCUT2D eigenvalue weighted by atomic mass is 10.1. The number of aryl methyl sites for hydroxylation is 2. The highest BCUT2D eigenvalue weighted by molar-refractivity contribution is 7.99. The second-order valence-electron chi connectivity index (χ2n) is 7.75. The predicted octanol–water partition coefficient (Wildman–Crippen LogP) is 5.48. The number of benzene rings is 3. The molecular weight excluding hydrogens is 432 g/mol. The third-order valence-electron chi connectivity index (χ3n) is 5.30. The van der Waals surface area contributed by atoms with E-state index >= 15 is 0 Å². The number of carbonyl (C=O) groups excluding carboxylic acids is 2. The first-order chi connectivity index (χ1) is 15.9. The van der Waals surface area contributed by atoms with Gasteiger partial charge in [0.1, 0.15) is 0 Å². The van der Waals surface area contributed by atoms with Crippen molar-refractivity contribution in [3.63, 3.8) is 0 Å². The average molecular weight is 457 g/mol. The first-order valence-corrected chi connectivity index (χ1v) is 11.5. The van der Waals surface area contributed by atoms with Crippen molar-refractivity contribution >= 4 is 29.1 Å². The zero-order valence-corrected chi connectivity index (χ0v) is 19.5. The molecule has 6 nitrogen and oxygen atoms in total. The number of amides is 1. The summed E-state index contributed by atoms with van der Waals surface area (Å²) in [5.41, 5.74) is 5.41. The SMILES string of the molecule is CC(=O)c1cccc(NC(=O)CSc2nnc(-c3ccccc3)n2-c2ccc(C)c(C)c2)c1. The van der Waals surface area contributed by atoms with E-state index in [4.69, 9.17) is 0 Å². The molecule has 0 saturated heterocycles. The minimum absolute atomic E-state index is 0.0459. The van der Waals surface area contributed by atoms with Crippen LogP contribution < -0.4 is 5.32 Å². The molecule has 0 aliphatic heterocycles. The molecule has 7 heteroatoms. The number of nitrogens with one attached hydrogen (secondary N) is 1. The summed E-state index contributed by atoms with van der Waals surface area (Å²) in [7, 11) is 0. The van der Waals surface area contributed by atoms with Crippen molar-refractivity contribution in [3.8, 4) is 17.1 Å². The van der Waals surface area contributed by atoms with E-state index in [9.17, 15) is 9.59 Å². The number of aromatic nitrogens is 3. The molecule has 1 heterocycles. The van der Waals surface area contributed by atoms with Crippen LogP contribution >= 0.6 is 11.8 Å². The molecule has 0 atom stereocenters. The topological polar surface area (TPSA) is 76.9 Å². The molecule has 0 unspecified atom stereocenters. The van der Waals surface area contributed by atoms with Crippen LogP contribution in [0.5, 0.6) is 0 Å². The molecule has 0 bridgehead atoms. The molecule has 0 radical (unpaired) electrons. The van der Waals surface area contributed by atoms with Crippen molar-refractivity contribution in [1.82, 2.24) is 14.8 Å². The van der Waals surface area contributed by atoms with E-state index in [1.165, 1.54) is 29.8 Å². The number of carbonyl (C=O) groups is 2. The van der Waals surface area contributed by atoms with Gasteiger partial charge in [0.05, 0.1) is 11.4 Å². The molecule has 1 aromatic heterocycles. The summed E-state index contributed by atoms with van der Waals surface area (Å²) in [6.07, 6.45) is 0. The Hall–Kier alpha value is -3.71. The summed E-state index contributed by atoms with van der Waals surface area (Å²) in [5, 5.41) is 12.3. The zero-order valence-electron chi connectivity index (χ0n) is 18.7. The second-order valence-corrected chi connectivity index (χ2v) is 8.69. The van der Waals surface area contributed by atoms with Gasteiger partial charge in [-0.3, -0.25) is 14.2 Å². The van der Waals surface area contributed by atoms with Gasteiger partial charge in [-0.15, -0.1) is 10.2 Å². The van der Waals surface area contributed by atoms with Crippen LogP contribution in [-0.4, -0.2) is 32.2 Å². The number of rotatable bonds is 7. The summed E-state index contributed by atoms with van der Waals surface area (Å²) < 4.78 is 1.98. The van der Waals surface area contributed by atoms with E-state index in [0.717, 1.165) is 17.1 Å². The number of ketones is 1. The van der Waals surface area contributed by atoms with E-state index in [2.05, 4.69) is 41.5 Å². The Morgan fingerprint density at radius 2 is 1.70 bits per heavy atom. The third kappa shape index (κ3) is 5.21. The normalized spacial score (nSPS) is 10.8. The van der Waals surface area contributed by atoms with Crippen LogP contribution in [0, 0.1) is 13.8 Å². The number of thioether (sulfide) groups is 1. The molecule has 0 aliphatic carbocycles. The Morgan fingerprint density at radius 1 is 0.909 bits per heavy atom. The van der Waals surface area contributed by atoms with Crippen LogP contribution in [0.3, 0.4) is 0 Å². The van der Waals surface area contributed by atoms with Crippen molar-refractivity contribution < 1.29 is 9.59 Å². The van der Waals surface area contributed by atoms with E-state index in [-0.39, 0.29) is 17.4 Å². The molecule has 3 aromatic carbocycles. The number of hydrogen-bond donors (Lipinski definition) is 1. The highest BCUT2D eigenvalue weighted by atomic mass is 32.2. The molecule has 0 aliphatic rings. The maximum atomic E-state index is 12.6. The van der Waals surface area contributed by atoms with Gasteiger partial charge in [0.15, 0.2) is 16.8 Å². The van der Waals surface area contributed by atoms with Gasteiger partial charge >= 0.3 is 0 Å². The first kappa shape index (κ1) is 22.5. The maximum absolute atomic E-state index is 12.6. The minimum atomic E-state index is -0.184. The highest BCUT2D eigenvalue weighted by Gasteiger charge is 2.18. The molecule has 0 fully saturated rings. The van der Waals surface area contributed by atoms with E-state index in [1.807, 2.05) is 41.0 Å². The smallest absolute Gasteiger partial charge is 0.234 e. The fourth-order valence-corrected chi connectivity index (χ4v) is 4.13. The monoisotopic (exact) mass is 456 g/mol. The van der Waals surface area contributed by atoms with Crippen molar-refractivity contribution in [3.05, 3.63) is 89.5 Å². The maximum Gasteiger partial charge on any atom is 0.234 e. The molecule has 1 amide bonds. The number of hydrogen-bond acceptors (Lipinski definition) is 5. The van der Waals surface area contributed by atoms with E-state index < -0.39 is 0 Å². The van der Waals surface area contributed by atoms with Crippen molar-refractivity contribution in [2.75, 3.05) is 11.1 Å². The van der Waals surface area contributed by atoms with Gasteiger partial charge in [-0.25, -0.2) is 0 Å². The summed E-state index contributed by atoms with van der Waals surface area (Å²) in [4.78, 5) is 24.2. The van der Waals surface area contributed by atoms with Crippen LogP contribution in [0.4, 0.5) is 5.69 Å². The molecule has 0 spiro atoms. The molecule has 0 saturated carbocycles. The van der Waals surface area contributed by atoms with Crippen molar-refractivity contribution in [2.24, 2.45) is 0 Å².